The standard InChI is InChI=1S/C25H30N2O6S/c1-7-32-19-10-9-15(12-20(19)33-8-2)24-27-18(14-34-24)17-11-16(13-26-3)22(29-4)21(23(17)30-5)25(28)31-6/h9-12,14,26H,7-8,13H2,1-6H3. The van der Waals surface area contributed by atoms with Crippen molar-refractivity contribution in [2.75, 3.05) is 41.6 Å². The van der Waals surface area contributed by atoms with Crippen molar-refractivity contribution in [3.05, 3.63) is 40.8 Å². The highest BCUT2D eigenvalue weighted by Crippen LogP contribution is 2.43. The van der Waals surface area contributed by atoms with Crippen LogP contribution in [0, 0.1) is 0 Å². The number of benzene rings is 2. The molecule has 0 spiro atoms. The zero-order chi connectivity index (χ0) is 24.7. The molecule has 0 saturated heterocycles. The van der Waals surface area contributed by atoms with E-state index in [0.29, 0.717) is 54.0 Å². The third-order valence-corrected chi connectivity index (χ3v) is 5.94. The van der Waals surface area contributed by atoms with Gasteiger partial charge in [0.1, 0.15) is 22.1 Å². The number of carbonyl (C=O) groups is 1. The Morgan fingerprint density at radius 3 is 2.32 bits per heavy atom. The molecule has 0 atom stereocenters. The first-order valence-corrected chi connectivity index (χ1v) is 11.8. The molecule has 0 aliphatic rings. The van der Waals surface area contributed by atoms with Crippen molar-refractivity contribution in [3.8, 4) is 44.8 Å². The summed E-state index contributed by atoms with van der Waals surface area (Å²) in [5.41, 5.74) is 3.26. The molecule has 1 aromatic heterocycles. The number of hydrogen-bond acceptors (Lipinski definition) is 9. The van der Waals surface area contributed by atoms with Crippen molar-refractivity contribution in [1.29, 1.82) is 0 Å². The predicted molar refractivity (Wildman–Crippen MR) is 133 cm³/mol. The zero-order valence-corrected chi connectivity index (χ0v) is 21.1. The average Bonchev–Trinajstić information content (AvgIpc) is 3.34. The molecule has 0 aliphatic carbocycles. The Morgan fingerprint density at radius 2 is 1.71 bits per heavy atom. The van der Waals surface area contributed by atoms with E-state index in [9.17, 15) is 4.79 Å². The molecule has 0 unspecified atom stereocenters. The molecule has 0 bridgehead atoms. The summed E-state index contributed by atoms with van der Waals surface area (Å²) in [4.78, 5) is 17.5. The first kappa shape index (κ1) is 25.3. The smallest absolute Gasteiger partial charge is 0.345 e. The summed E-state index contributed by atoms with van der Waals surface area (Å²) < 4.78 is 27.7. The molecule has 0 saturated carbocycles. The van der Waals surface area contributed by atoms with Crippen LogP contribution in [0.1, 0.15) is 29.8 Å². The Bertz CT molecular complexity index is 1140. The molecule has 8 nitrogen and oxygen atoms in total. The Kier molecular flexibility index (Phi) is 8.72. The number of carbonyl (C=O) groups excluding carboxylic acids is 1. The minimum atomic E-state index is -0.545. The summed E-state index contributed by atoms with van der Waals surface area (Å²) >= 11 is 1.49. The lowest BCUT2D eigenvalue weighted by Crippen LogP contribution is -2.13. The maximum absolute atomic E-state index is 12.7. The lowest BCUT2D eigenvalue weighted by atomic mass is 10.00. The Morgan fingerprint density at radius 1 is 1.00 bits per heavy atom. The van der Waals surface area contributed by atoms with Gasteiger partial charge in [0.25, 0.3) is 0 Å². The molecule has 1 heterocycles. The van der Waals surface area contributed by atoms with Crippen LogP contribution < -0.4 is 24.3 Å². The number of nitrogens with one attached hydrogen (secondary N) is 1. The van der Waals surface area contributed by atoms with Gasteiger partial charge < -0.3 is 29.0 Å². The van der Waals surface area contributed by atoms with Crippen LogP contribution in [0.15, 0.2) is 29.6 Å². The van der Waals surface area contributed by atoms with Gasteiger partial charge in [-0.25, -0.2) is 9.78 Å². The highest BCUT2D eigenvalue weighted by molar-refractivity contribution is 7.13. The number of methoxy groups -OCH3 is 3. The van der Waals surface area contributed by atoms with Crippen molar-refractivity contribution in [3.63, 3.8) is 0 Å². The molecule has 1 N–H and O–H groups in total. The topological polar surface area (TPSA) is 88.1 Å². The predicted octanol–water partition coefficient (Wildman–Crippen LogP) is 4.80. The molecule has 2 aromatic carbocycles. The van der Waals surface area contributed by atoms with Gasteiger partial charge in [0.15, 0.2) is 11.5 Å². The van der Waals surface area contributed by atoms with Gasteiger partial charge in [-0.3, -0.25) is 0 Å². The molecule has 0 amide bonds. The molecule has 0 radical (unpaired) electrons. The first-order chi connectivity index (χ1) is 16.5. The van der Waals surface area contributed by atoms with E-state index >= 15 is 0 Å². The highest BCUT2D eigenvalue weighted by Gasteiger charge is 2.27. The maximum Gasteiger partial charge on any atom is 0.345 e. The van der Waals surface area contributed by atoms with Gasteiger partial charge in [-0.2, -0.15) is 0 Å². The van der Waals surface area contributed by atoms with Crippen molar-refractivity contribution in [2.24, 2.45) is 0 Å². The first-order valence-electron chi connectivity index (χ1n) is 10.9. The van der Waals surface area contributed by atoms with Crippen LogP contribution in [0.25, 0.3) is 21.8 Å². The minimum absolute atomic E-state index is 0.226. The number of nitrogens with zero attached hydrogens (tertiary/aromatic N) is 1. The summed E-state index contributed by atoms with van der Waals surface area (Å²) in [6, 6.07) is 7.69. The van der Waals surface area contributed by atoms with E-state index in [1.165, 1.54) is 32.7 Å². The Balaban J connectivity index is 2.14. The maximum atomic E-state index is 12.7. The number of ether oxygens (including phenoxy) is 5. The van der Waals surface area contributed by atoms with Gasteiger partial charge in [-0.05, 0) is 45.2 Å². The number of aromatic nitrogens is 1. The van der Waals surface area contributed by atoms with Gasteiger partial charge in [0, 0.05) is 28.6 Å². The molecule has 182 valence electrons. The van der Waals surface area contributed by atoms with Crippen LogP contribution in [0.4, 0.5) is 0 Å². The quantitative estimate of drug-likeness (QED) is 0.387. The third-order valence-electron chi connectivity index (χ3n) is 5.04. The van der Waals surface area contributed by atoms with E-state index in [0.717, 1.165) is 16.1 Å². The lowest BCUT2D eigenvalue weighted by molar-refractivity contribution is 0.0593. The fourth-order valence-electron chi connectivity index (χ4n) is 3.66. The van der Waals surface area contributed by atoms with Crippen LogP contribution in [-0.2, 0) is 11.3 Å². The van der Waals surface area contributed by atoms with E-state index in [1.807, 2.05) is 50.5 Å². The van der Waals surface area contributed by atoms with E-state index in [4.69, 9.17) is 28.7 Å². The number of thiazole rings is 1. The number of hydrogen-bond donors (Lipinski definition) is 1. The van der Waals surface area contributed by atoms with Crippen LogP contribution in [0.2, 0.25) is 0 Å². The van der Waals surface area contributed by atoms with Crippen LogP contribution >= 0.6 is 11.3 Å². The molecule has 9 heteroatoms. The van der Waals surface area contributed by atoms with Gasteiger partial charge >= 0.3 is 5.97 Å². The van der Waals surface area contributed by atoms with Gasteiger partial charge in [0.2, 0.25) is 0 Å². The van der Waals surface area contributed by atoms with E-state index in [2.05, 4.69) is 5.32 Å². The number of esters is 1. The monoisotopic (exact) mass is 486 g/mol. The lowest BCUT2D eigenvalue weighted by Gasteiger charge is -2.18. The summed E-state index contributed by atoms with van der Waals surface area (Å²) in [6.07, 6.45) is 0. The van der Waals surface area contributed by atoms with Gasteiger partial charge in [-0.15, -0.1) is 11.3 Å². The molecular formula is C25H30N2O6S. The summed E-state index contributed by atoms with van der Waals surface area (Å²) in [5.74, 6) is 1.58. The zero-order valence-electron chi connectivity index (χ0n) is 20.3. The van der Waals surface area contributed by atoms with Crippen LogP contribution in [-0.4, -0.2) is 52.5 Å². The van der Waals surface area contributed by atoms with Crippen molar-refractivity contribution >= 4 is 17.3 Å². The van der Waals surface area contributed by atoms with Gasteiger partial charge in [0.05, 0.1) is 40.2 Å². The van der Waals surface area contributed by atoms with E-state index in [-0.39, 0.29) is 5.56 Å². The second-order valence-electron chi connectivity index (χ2n) is 7.11. The molecule has 3 aromatic rings. The fourth-order valence-corrected chi connectivity index (χ4v) is 4.48. The molecule has 0 aliphatic heterocycles. The molecular weight excluding hydrogens is 456 g/mol. The summed E-state index contributed by atoms with van der Waals surface area (Å²) in [7, 11) is 6.18. The third kappa shape index (κ3) is 5.10. The van der Waals surface area contributed by atoms with E-state index < -0.39 is 5.97 Å². The molecule has 0 fully saturated rings. The van der Waals surface area contributed by atoms with Crippen LogP contribution in [0.5, 0.6) is 23.0 Å². The normalized spacial score (nSPS) is 10.6. The highest BCUT2D eigenvalue weighted by atomic mass is 32.1. The van der Waals surface area contributed by atoms with Crippen molar-refractivity contribution in [1.82, 2.24) is 10.3 Å². The molecule has 3 rings (SSSR count). The van der Waals surface area contributed by atoms with Gasteiger partial charge in [-0.1, -0.05) is 0 Å². The Labute approximate surface area is 203 Å². The molecule has 34 heavy (non-hydrogen) atoms. The minimum Gasteiger partial charge on any atom is -0.495 e. The second-order valence-corrected chi connectivity index (χ2v) is 7.97. The average molecular weight is 487 g/mol. The Hall–Kier alpha value is -3.30. The largest absolute Gasteiger partial charge is 0.495 e. The fraction of sp³-hybridized carbons (Fsp3) is 0.360. The number of rotatable bonds is 11. The van der Waals surface area contributed by atoms with Crippen molar-refractivity contribution in [2.45, 2.75) is 20.4 Å². The SMILES string of the molecule is CCOc1ccc(-c2nc(-c3cc(CNC)c(OC)c(C(=O)OC)c3OC)cs2)cc1OCC. The summed E-state index contributed by atoms with van der Waals surface area (Å²) in [5, 5.41) is 5.84. The summed E-state index contributed by atoms with van der Waals surface area (Å²) in [6.45, 7) is 5.43. The second kappa shape index (κ2) is 11.7. The van der Waals surface area contributed by atoms with Crippen molar-refractivity contribution < 1.29 is 28.5 Å². The van der Waals surface area contributed by atoms with E-state index in [1.54, 1.807) is 0 Å². The van der Waals surface area contributed by atoms with Crippen LogP contribution in [0.3, 0.4) is 0 Å².